The number of carbonyl (C=O) groups is 2. The van der Waals surface area contributed by atoms with Crippen LogP contribution in [0.5, 0.6) is 5.75 Å². The van der Waals surface area contributed by atoms with Crippen molar-refractivity contribution in [1.82, 2.24) is 4.90 Å². The van der Waals surface area contributed by atoms with Gasteiger partial charge in [0.15, 0.2) is 0 Å². The molecule has 6 nitrogen and oxygen atoms in total. The zero-order valence-corrected chi connectivity index (χ0v) is 16.2. The maximum absolute atomic E-state index is 13.1. The summed E-state index contributed by atoms with van der Waals surface area (Å²) in [5.41, 5.74) is 1.46. The van der Waals surface area contributed by atoms with Gasteiger partial charge in [0, 0.05) is 31.2 Å². The molecule has 0 spiro atoms. The monoisotopic (exact) mass is 395 g/mol. The number of carboxylic acids is 1. The van der Waals surface area contributed by atoms with E-state index in [2.05, 4.69) is 0 Å². The van der Waals surface area contributed by atoms with Crippen LogP contribution in [0.15, 0.2) is 54.6 Å². The summed E-state index contributed by atoms with van der Waals surface area (Å²) in [6.45, 7) is 1.84. The van der Waals surface area contributed by atoms with Crippen molar-refractivity contribution in [3.63, 3.8) is 0 Å². The molecule has 152 valence electrons. The van der Waals surface area contributed by atoms with E-state index in [4.69, 9.17) is 9.47 Å². The molecule has 2 fully saturated rings. The van der Waals surface area contributed by atoms with Crippen molar-refractivity contribution in [2.45, 2.75) is 24.9 Å². The molecule has 0 radical (unpaired) electrons. The van der Waals surface area contributed by atoms with Crippen molar-refractivity contribution < 1.29 is 24.2 Å². The van der Waals surface area contributed by atoms with E-state index in [0.29, 0.717) is 24.5 Å². The minimum atomic E-state index is -0.872. The Balaban J connectivity index is 1.46. The minimum absolute atomic E-state index is 0.107. The van der Waals surface area contributed by atoms with Gasteiger partial charge in [0.1, 0.15) is 12.4 Å². The van der Waals surface area contributed by atoms with Gasteiger partial charge in [-0.15, -0.1) is 0 Å². The third kappa shape index (κ3) is 4.43. The lowest BCUT2D eigenvalue weighted by Gasteiger charge is -2.17. The molecule has 1 unspecified atom stereocenters. The number of rotatable bonds is 6. The SMILES string of the molecule is O=C(O)[C@@H]1CN(C(=O)c2cccc(OCC3CCCO3)c2)C[C@@H]1c1ccccc1. The molecule has 0 saturated carbocycles. The molecular weight excluding hydrogens is 370 g/mol. The number of aliphatic carboxylic acids is 1. The zero-order valence-electron chi connectivity index (χ0n) is 16.2. The number of carbonyl (C=O) groups excluding carboxylic acids is 1. The summed E-state index contributed by atoms with van der Waals surface area (Å²) in [5.74, 6) is -1.24. The van der Waals surface area contributed by atoms with Gasteiger partial charge in [-0.2, -0.15) is 0 Å². The molecule has 0 aromatic heterocycles. The molecule has 6 heteroatoms. The third-order valence-electron chi connectivity index (χ3n) is 5.69. The molecule has 2 saturated heterocycles. The van der Waals surface area contributed by atoms with Gasteiger partial charge in [0.05, 0.1) is 12.0 Å². The number of nitrogens with zero attached hydrogens (tertiary/aromatic N) is 1. The molecule has 0 bridgehead atoms. The highest BCUT2D eigenvalue weighted by Crippen LogP contribution is 2.34. The van der Waals surface area contributed by atoms with Crippen molar-refractivity contribution in [3.8, 4) is 5.75 Å². The van der Waals surface area contributed by atoms with Crippen LogP contribution in [0.3, 0.4) is 0 Å². The first-order valence-corrected chi connectivity index (χ1v) is 10.0. The lowest BCUT2D eigenvalue weighted by Crippen LogP contribution is -2.30. The quantitative estimate of drug-likeness (QED) is 0.813. The first-order valence-electron chi connectivity index (χ1n) is 10.0. The molecule has 2 aromatic carbocycles. The number of likely N-dealkylation sites (tertiary alicyclic amines) is 1. The second-order valence-corrected chi connectivity index (χ2v) is 7.65. The van der Waals surface area contributed by atoms with Crippen LogP contribution in [-0.2, 0) is 9.53 Å². The summed E-state index contributed by atoms with van der Waals surface area (Å²) in [6, 6.07) is 16.6. The van der Waals surface area contributed by atoms with Gasteiger partial charge in [-0.1, -0.05) is 36.4 Å². The van der Waals surface area contributed by atoms with Crippen LogP contribution in [0.4, 0.5) is 0 Å². The van der Waals surface area contributed by atoms with E-state index in [1.165, 1.54) is 0 Å². The fourth-order valence-electron chi connectivity index (χ4n) is 4.12. The summed E-state index contributed by atoms with van der Waals surface area (Å²) in [5, 5.41) is 9.66. The van der Waals surface area contributed by atoms with Crippen LogP contribution in [0.1, 0.15) is 34.7 Å². The van der Waals surface area contributed by atoms with Crippen LogP contribution in [-0.4, -0.2) is 54.3 Å². The molecule has 2 heterocycles. The summed E-state index contributed by atoms with van der Waals surface area (Å²) in [6.07, 6.45) is 2.15. The van der Waals surface area contributed by atoms with Crippen molar-refractivity contribution in [1.29, 1.82) is 0 Å². The largest absolute Gasteiger partial charge is 0.491 e. The van der Waals surface area contributed by atoms with E-state index >= 15 is 0 Å². The van der Waals surface area contributed by atoms with E-state index in [1.54, 1.807) is 23.1 Å². The summed E-state index contributed by atoms with van der Waals surface area (Å²) in [7, 11) is 0. The van der Waals surface area contributed by atoms with Crippen LogP contribution in [0.2, 0.25) is 0 Å². The number of amides is 1. The van der Waals surface area contributed by atoms with Gasteiger partial charge < -0.3 is 19.5 Å². The minimum Gasteiger partial charge on any atom is -0.491 e. The number of ether oxygens (including phenoxy) is 2. The van der Waals surface area contributed by atoms with Gasteiger partial charge in [-0.25, -0.2) is 0 Å². The van der Waals surface area contributed by atoms with E-state index in [-0.39, 0.29) is 24.5 Å². The topological polar surface area (TPSA) is 76.1 Å². The zero-order chi connectivity index (χ0) is 20.2. The van der Waals surface area contributed by atoms with Gasteiger partial charge >= 0.3 is 5.97 Å². The van der Waals surface area contributed by atoms with E-state index in [9.17, 15) is 14.7 Å². The number of hydrogen-bond acceptors (Lipinski definition) is 4. The predicted octanol–water partition coefficient (Wildman–Crippen LogP) is 3.18. The first-order chi connectivity index (χ1) is 14.1. The first kappa shape index (κ1) is 19.5. The molecule has 29 heavy (non-hydrogen) atoms. The Morgan fingerprint density at radius 1 is 1.10 bits per heavy atom. The highest BCUT2D eigenvalue weighted by atomic mass is 16.5. The standard InChI is InChI=1S/C23H25NO5/c25-22(17-8-4-9-18(12-17)29-15-19-10-5-11-28-19)24-13-20(21(14-24)23(26)27)16-6-2-1-3-7-16/h1-4,6-9,12,19-21H,5,10-11,13-15H2,(H,26,27)/t19?,20-,21-/m1/s1. The van der Waals surface area contributed by atoms with Crippen molar-refractivity contribution in [3.05, 3.63) is 65.7 Å². The third-order valence-corrected chi connectivity index (χ3v) is 5.69. The lowest BCUT2D eigenvalue weighted by molar-refractivity contribution is -0.141. The van der Waals surface area contributed by atoms with Gasteiger partial charge in [0.2, 0.25) is 0 Å². The molecular formula is C23H25NO5. The lowest BCUT2D eigenvalue weighted by atomic mass is 9.89. The Morgan fingerprint density at radius 3 is 2.66 bits per heavy atom. The smallest absolute Gasteiger partial charge is 0.308 e. The molecule has 1 N–H and O–H groups in total. The summed E-state index contributed by atoms with van der Waals surface area (Å²) in [4.78, 5) is 26.5. The van der Waals surface area contributed by atoms with Crippen LogP contribution >= 0.6 is 0 Å². The second-order valence-electron chi connectivity index (χ2n) is 7.65. The highest BCUT2D eigenvalue weighted by molar-refractivity contribution is 5.95. The van der Waals surface area contributed by atoms with Crippen molar-refractivity contribution in [2.24, 2.45) is 5.92 Å². The molecule has 3 atom stereocenters. The summed E-state index contributed by atoms with van der Waals surface area (Å²) < 4.78 is 11.4. The normalized spacial score (nSPS) is 23.9. The Labute approximate surface area is 170 Å². The number of carboxylic acid groups (broad SMARTS) is 1. The van der Waals surface area contributed by atoms with Crippen LogP contribution in [0.25, 0.3) is 0 Å². The fourth-order valence-corrected chi connectivity index (χ4v) is 4.12. The van der Waals surface area contributed by atoms with E-state index < -0.39 is 11.9 Å². The maximum atomic E-state index is 13.1. The molecule has 1 amide bonds. The Hall–Kier alpha value is -2.86. The van der Waals surface area contributed by atoms with E-state index in [1.807, 2.05) is 36.4 Å². The number of hydrogen-bond donors (Lipinski definition) is 1. The van der Waals surface area contributed by atoms with Crippen LogP contribution < -0.4 is 4.74 Å². The van der Waals surface area contributed by atoms with Gasteiger partial charge in [-0.3, -0.25) is 9.59 Å². The maximum Gasteiger partial charge on any atom is 0.308 e. The van der Waals surface area contributed by atoms with Gasteiger partial charge in [-0.05, 0) is 36.6 Å². The van der Waals surface area contributed by atoms with E-state index in [0.717, 1.165) is 25.0 Å². The highest BCUT2D eigenvalue weighted by Gasteiger charge is 2.40. The van der Waals surface area contributed by atoms with Crippen molar-refractivity contribution in [2.75, 3.05) is 26.3 Å². The number of benzene rings is 2. The average Bonchev–Trinajstić information content (AvgIpc) is 3.43. The molecule has 0 aliphatic carbocycles. The second kappa shape index (κ2) is 8.66. The Kier molecular flexibility index (Phi) is 5.81. The van der Waals surface area contributed by atoms with Crippen LogP contribution in [0, 0.1) is 5.92 Å². The van der Waals surface area contributed by atoms with Crippen molar-refractivity contribution >= 4 is 11.9 Å². The molecule has 2 aromatic rings. The van der Waals surface area contributed by atoms with Gasteiger partial charge in [0.25, 0.3) is 5.91 Å². The molecule has 4 rings (SSSR count). The Morgan fingerprint density at radius 2 is 1.93 bits per heavy atom. The Bertz CT molecular complexity index is 863. The predicted molar refractivity (Wildman–Crippen MR) is 107 cm³/mol. The summed E-state index contributed by atoms with van der Waals surface area (Å²) >= 11 is 0. The molecule has 2 aliphatic heterocycles. The molecule has 2 aliphatic rings. The average molecular weight is 395 g/mol. The fraction of sp³-hybridized carbons (Fsp3) is 0.391.